The van der Waals surface area contributed by atoms with Crippen LogP contribution in [0.4, 0.5) is 0 Å². The van der Waals surface area contributed by atoms with E-state index in [0.29, 0.717) is 6.61 Å². The van der Waals surface area contributed by atoms with E-state index in [4.69, 9.17) is 14.6 Å². The van der Waals surface area contributed by atoms with Crippen LogP contribution in [0.5, 0.6) is 11.5 Å². The van der Waals surface area contributed by atoms with Gasteiger partial charge in [0, 0.05) is 17.5 Å². The van der Waals surface area contributed by atoms with Gasteiger partial charge in [-0.3, -0.25) is 4.79 Å². The Balaban J connectivity index is 1.36. The van der Waals surface area contributed by atoms with Crippen molar-refractivity contribution in [2.75, 3.05) is 6.61 Å². The first kappa shape index (κ1) is 15.7. The molecule has 0 aromatic heterocycles. The van der Waals surface area contributed by atoms with E-state index in [1.165, 1.54) is 29.5 Å². The van der Waals surface area contributed by atoms with Crippen LogP contribution in [0.25, 0.3) is 0 Å². The van der Waals surface area contributed by atoms with Crippen molar-refractivity contribution in [2.45, 2.75) is 50.0 Å². The molecule has 1 saturated carbocycles. The van der Waals surface area contributed by atoms with Crippen LogP contribution in [0.2, 0.25) is 0 Å². The zero-order chi connectivity index (χ0) is 17.7. The molecular formula is C22H22O4. The summed E-state index contributed by atoms with van der Waals surface area (Å²) in [7, 11) is 0. The zero-order valence-corrected chi connectivity index (χ0v) is 14.6. The predicted molar refractivity (Wildman–Crippen MR) is 97.0 cm³/mol. The number of rotatable bonds is 5. The molecule has 3 aliphatic rings. The van der Waals surface area contributed by atoms with Gasteiger partial charge in [-0.2, -0.15) is 0 Å². The van der Waals surface area contributed by atoms with Gasteiger partial charge in [-0.25, -0.2) is 0 Å². The van der Waals surface area contributed by atoms with Gasteiger partial charge in [0.2, 0.25) is 0 Å². The van der Waals surface area contributed by atoms with Gasteiger partial charge >= 0.3 is 5.97 Å². The Morgan fingerprint density at radius 3 is 2.77 bits per heavy atom. The third kappa shape index (κ3) is 2.74. The number of carboxylic acid groups (broad SMARTS) is 1. The molecule has 0 radical (unpaired) electrons. The highest BCUT2D eigenvalue weighted by atomic mass is 16.5. The number of benzene rings is 2. The Labute approximate surface area is 152 Å². The molecule has 26 heavy (non-hydrogen) atoms. The standard InChI is InChI=1S/C22H22O4/c23-22(24)10-14-12-25-21-11-15(6-7-17(14)21)26-20-9-8-18-16(13-4-5-13)2-1-3-19(18)20/h1-3,6-7,11,13-14,20H,4-5,8-10,12H2,(H,23,24)/t14-,20-/m1/s1. The van der Waals surface area contributed by atoms with Crippen LogP contribution in [0.15, 0.2) is 36.4 Å². The molecule has 134 valence electrons. The topological polar surface area (TPSA) is 55.8 Å². The molecule has 0 unspecified atom stereocenters. The van der Waals surface area contributed by atoms with Gasteiger partial charge in [0.25, 0.3) is 0 Å². The summed E-state index contributed by atoms with van der Waals surface area (Å²) in [6, 6.07) is 12.5. The minimum Gasteiger partial charge on any atom is -0.492 e. The quantitative estimate of drug-likeness (QED) is 0.857. The molecule has 5 rings (SSSR count). The molecule has 2 aromatic carbocycles. The molecule has 0 amide bonds. The highest BCUT2D eigenvalue weighted by molar-refractivity contribution is 5.68. The van der Waals surface area contributed by atoms with E-state index in [9.17, 15) is 4.79 Å². The van der Waals surface area contributed by atoms with Gasteiger partial charge in [0.05, 0.1) is 13.0 Å². The fraction of sp³-hybridized carbons (Fsp3) is 0.409. The maximum atomic E-state index is 11.0. The SMILES string of the molecule is O=C(O)C[C@@H]1COc2cc(O[C@@H]3CCc4c(C5CC5)cccc43)ccc21. The fourth-order valence-corrected chi connectivity index (χ4v) is 4.42. The third-order valence-electron chi connectivity index (χ3n) is 5.83. The number of carbonyl (C=O) groups is 1. The summed E-state index contributed by atoms with van der Waals surface area (Å²) in [4.78, 5) is 11.0. The number of hydrogen-bond acceptors (Lipinski definition) is 3. The molecule has 0 spiro atoms. The van der Waals surface area contributed by atoms with Crippen molar-refractivity contribution in [3.63, 3.8) is 0 Å². The van der Waals surface area contributed by atoms with Crippen molar-refractivity contribution in [3.05, 3.63) is 58.7 Å². The van der Waals surface area contributed by atoms with Crippen molar-refractivity contribution in [2.24, 2.45) is 0 Å². The van der Waals surface area contributed by atoms with Crippen LogP contribution < -0.4 is 9.47 Å². The van der Waals surface area contributed by atoms with Crippen LogP contribution in [-0.4, -0.2) is 17.7 Å². The molecule has 1 aliphatic heterocycles. The highest BCUT2D eigenvalue weighted by Crippen LogP contribution is 2.47. The lowest BCUT2D eigenvalue weighted by Crippen LogP contribution is -2.07. The van der Waals surface area contributed by atoms with Crippen molar-refractivity contribution in [3.8, 4) is 11.5 Å². The summed E-state index contributed by atoms with van der Waals surface area (Å²) >= 11 is 0. The molecule has 2 aliphatic carbocycles. The largest absolute Gasteiger partial charge is 0.492 e. The molecule has 4 nitrogen and oxygen atoms in total. The van der Waals surface area contributed by atoms with E-state index in [1.54, 1.807) is 0 Å². The number of hydrogen-bond donors (Lipinski definition) is 1. The smallest absolute Gasteiger partial charge is 0.304 e. The molecule has 0 saturated heterocycles. The molecule has 1 heterocycles. The second-order valence-corrected chi connectivity index (χ2v) is 7.64. The van der Waals surface area contributed by atoms with E-state index in [-0.39, 0.29) is 18.4 Å². The summed E-state index contributed by atoms with van der Waals surface area (Å²) in [6.07, 6.45) is 4.95. The molecule has 4 heteroatoms. The van der Waals surface area contributed by atoms with E-state index < -0.39 is 5.97 Å². The van der Waals surface area contributed by atoms with E-state index in [0.717, 1.165) is 35.8 Å². The zero-order valence-electron chi connectivity index (χ0n) is 14.6. The number of fused-ring (bicyclic) bond motifs is 2. The lowest BCUT2D eigenvalue weighted by Gasteiger charge is -2.16. The summed E-state index contributed by atoms with van der Waals surface area (Å²) in [5, 5.41) is 9.02. The van der Waals surface area contributed by atoms with E-state index >= 15 is 0 Å². The van der Waals surface area contributed by atoms with Crippen LogP contribution in [0.3, 0.4) is 0 Å². The lowest BCUT2D eigenvalue weighted by atomic mass is 9.98. The summed E-state index contributed by atoms with van der Waals surface area (Å²) in [6.45, 7) is 0.433. The Morgan fingerprint density at radius 2 is 1.96 bits per heavy atom. The summed E-state index contributed by atoms with van der Waals surface area (Å²) < 4.78 is 12.0. The van der Waals surface area contributed by atoms with Crippen molar-refractivity contribution >= 4 is 5.97 Å². The Hall–Kier alpha value is -2.49. The van der Waals surface area contributed by atoms with Crippen LogP contribution in [-0.2, 0) is 11.2 Å². The van der Waals surface area contributed by atoms with Gasteiger partial charge in [-0.05, 0) is 54.4 Å². The average molecular weight is 350 g/mol. The maximum Gasteiger partial charge on any atom is 0.304 e. The number of ether oxygens (including phenoxy) is 2. The highest BCUT2D eigenvalue weighted by Gasteiger charge is 2.33. The molecular weight excluding hydrogens is 328 g/mol. The van der Waals surface area contributed by atoms with Gasteiger partial charge in [-0.15, -0.1) is 0 Å². The molecule has 1 fully saturated rings. The molecule has 2 atom stereocenters. The number of aliphatic carboxylic acids is 1. The monoisotopic (exact) mass is 350 g/mol. The van der Waals surface area contributed by atoms with Crippen LogP contribution in [0, 0.1) is 0 Å². The first-order valence-electron chi connectivity index (χ1n) is 9.46. The first-order chi connectivity index (χ1) is 12.7. The van der Waals surface area contributed by atoms with Gasteiger partial charge in [-0.1, -0.05) is 24.3 Å². The average Bonchev–Trinajstić information content (AvgIpc) is 3.29. The van der Waals surface area contributed by atoms with Crippen molar-refractivity contribution in [1.82, 2.24) is 0 Å². The molecule has 1 N–H and O–H groups in total. The van der Waals surface area contributed by atoms with E-state index in [2.05, 4.69) is 18.2 Å². The second-order valence-electron chi connectivity index (χ2n) is 7.64. The number of carboxylic acids is 1. The van der Waals surface area contributed by atoms with E-state index in [1.807, 2.05) is 18.2 Å². The Kier molecular flexibility index (Phi) is 3.66. The van der Waals surface area contributed by atoms with Gasteiger partial charge < -0.3 is 14.6 Å². The van der Waals surface area contributed by atoms with Crippen LogP contribution >= 0.6 is 0 Å². The second kappa shape index (κ2) is 6.04. The molecule has 0 bridgehead atoms. The normalized spacial score (nSPS) is 23.2. The van der Waals surface area contributed by atoms with Gasteiger partial charge in [0.1, 0.15) is 17.6 Å². The minimum atomic E-state index is -0.791. The third-order valence-corrected chi connectivity index (χ3v) is 5.83. The first-order valence-corrected chi connectivity index (χ1v) is 9.46. The van der Waals surface area contributed by atoms with Gasteiger partial charge in [0.15, 0.2) is 0 Å². The predicted octanol–water partition coefficient (Wildman–Crippen LogP) is 4.58. The minimum absolute atomic E-state index is 0.0649. The lowest BCUT2D eigenvalue weighted by molar-refractivity contribution is -0.137. The molecule has 2 aromatic rings. The fourth-order valence-electron chi connectivity index (χ4n) is 4.42. The van der Waals surface area contributed by atoms with Crippen molar-refractivity contribution in [1.29, 1.82) is 0 Å². The summed E-state index contributed by atoms with van der Waals surface area (Å²) in [5.41, 5.74) is 5.34. The Bertz CT molecular complexity index is 868. The maximum absolute atomic E-state index is 11.0. The summed E-state index contributed by atoms with van der Waals surface area (Å²) in [5.74, 6) is 1.47. The van der Waals surface area contributed by atoms with Crippen LogP contribution in [0.1, 0.15) is 65.9 Å². The van der Waals surface area contributed by atoms with Crippen molar-refractivity contribution < 1.29 is 19.4 Å². The Morgan fingerprint density at radius 1 is 1.12 bits per heavy atom.